The number of hydrogen-bond donors (Lipinski definition) is 0. The van der Waals surface area contributed by atoms with Crippen LogP contribution in [0.5, 0.6) is 11.5 Å². The minimum atomic E-state index is -0.0215. The Morgan fingerprint density at radius 2 is 2.10 bits per heavy atom. The number of carbonyl (C=O) groups is 2. The molecular weight excluding hydrogens is 278 g/mol. The quantitative estimate of drug-likeness (QED) is 0.770. The van der Waals surface area contributed by atoms with E-state index in [1.807, 2.05) is 16.7 Å². The maximum Gasteiger partial charge on any atom is 0.260 e. The van der Waals surface area contributed by atoms with E-state index in [0.29, 0.717) is 17.1 Å². The van der Waals surface area contributed by atoms with Crippen LogP contribution in [0.2, 0.25) is 0 Å². The zero-order valence-corrected chi connectivity index (χ0v) is 12.1. The predicted molar refractivity (Wildman–Crippen MR) is 77.8 cm³/mol. The van der Waals surface area contributed by atoms with Crippen LogP contribution >= 0.6 is 11.8 Å². The number of benzene rings is 1. The van der Waals surface area contributed by atoms with E-state index in [1.54, 1.807) is 18.2 Å². The van der Waals surface area contributed by atoms with Crippen molar-refractivity contribution < 1.29 is 19.1 Å². The van der Waals surface area contributed by atoms with E-state index in [1.165, 1.54) is 7.11 Å². The lowest BCUT2D eigenvalue weighted by Gasteiger charge is -2.26. The summed E-state index contributed by atoms with van der Waals surface area (Å²) in [4.78, 5) is 24.5. The van der Waals surface area contributed by atoms with Crippen LogP contribution in [0.15, 0.2) is 18.2 Å². The van der Waals surface area contributed by atoms with E-state index in [9.17, 15) is 9.59 Å². The Bertz CT molecular complexity index is 486. The van der Waals surface area contributed by atoms with Crippen LogP contribution in [0.4, 0.5) is 0 Å². The third-order valence-corrected chi connectivity index (χ3v) is 3.98. The molecule has 0 aliphatic carbocycles. The van der Waals surface area contributed by atoms with Crippen LogP contribution < -0.4 is 9.47 Å². The molecule has 108 valence electrons. The van der Waals surface area contributed by atoms with Crippen LogP contribution in [0.3, 0.4) is 0 Å². The van der Waals surface area contributed by atoms with Crippen LogP contribution in [0.1, 0.15) is 10.4 Å². The van der Waals surface area contributed by atoms with Crippen LogP contribution in [0.25, 0.3) is 0 Å². The van der Waals surface area contributed by atoms with Crippen molar-refractivity contribution in [2.24, 2.45) is 0 Å². The van der Waals surface area contributed by atoms with Gasteiger partial charge in [0.25, 0.3) is 5.91 Å². The summed E-state index contributed by atoms with van der Waals surface area (Å²) in [6.07, 6.45) is 0.739. The number of ether oxygens (including phenoxy) is 2. The van der Waals surface area contributed by atoms with E-state index in [0.717, 1.165) is 30.9 Å². The third kappa shape index (κ3) is 3.66. The summed E-state index contributed by atoms with van der Waals surface area (Å²) in [5.74, 6) is 2.85. The van der Waals surface area contributed by atoms with E-state index >= 15 is 0 Å². The molecule has 6 heteroatoms. The number of amides is 1. The number of hydrogen-bond acceptors (Lipinski definition) is 5. The highest BCUT2D eigenvalue weighted by Gasteiger charge is 2.17. The van der Waals surface area contributed by atoms with Gasteiger partial charge in [0, 0.05) is 30.2 Å². The second kappa shape index (κ2) is 7.19. The number of methoxy groups -OCH3 is 1. The number of rotatable bonds is 5. The third-order valence-electron chi connectivity index (χ3n) is 3.04. The highest BCUT2D eigenvalue weighted by atomic mass is 32.2. The maximum absolute atomic E-state index is 12.0. The van der Waals surface area contributed by atoms with Crippen LogP contribution in [-0.2, 0) is 4.79 Å². The van der Waals surface area contributed by atoms with Gasteiger partial charge < -0.3 is 14.4 Å². The Kier molecular flexibility index (Phi) is 5.29. The molecular formula is C14H17NO4S. The van der Waals surface area contributed by atoms with Gasteiger partial charge in [0.2, 0.25) is 0 Å². The van der Waals surface area contributed by atoms with E-state index in [2.05, 4.69) is 0 Å². The number of thioether (sulfide) groups is 1. The topological polar surface area (TPSA) is 55.8 Å². The smallest absolute Gasteiger partial charge is 0.260 e. The molecule has 1 aromatic carbocycles. The monoisotopic (exact) mass is 295 g/mol. The highest BCUT2D eigenvalue weighted by Crippen LogP contribution is 2.27. The lowest BCUT2D eigenvalue weighted by molar-refractivity contribution is -0.133. The highest BCUT2D eigenvalue weighted by molar-refractivity contribution is 7.99. The standard InChI is InChI=1S/C14H17NO4S/c1-18-13-8-11(9-16)2-3-12(13)19-10-14(17)15-4-6-20-7-5-15/h2-3,8-9H,4-7,10H2,1H3. The van der Waals surface area contributed by atoms with Gasteiger partial charge in [-0.3, -0.25) is 9.59 Å². The zero-order valence-electron chi connectivity index (χ0n) is 11.3. The lowest BCUT2D eigenvalue weighted by atomic mass is 10.2. The van der Waals surface area contributed by atoms with Crippen molar-refractivity contribution in [3.63, 3.8) is 0 Å². The molecule has 0 radical (unpaired) electrons. The van der Waals surface area contributed by atoms with Crippen molar-refractivity contribution in [3.05, 3.63) is 23.8 Å². The van der Waals surface area contributed by atoms with Gasteiger partial charge in [0.1, 0.15) is 6.29 Å². The molecule has 1 aliphatic rings. The first-order valence-electron chi connectivity index (χ1n) is 6.36. The van der Waals surface area contributed by atoms with E-state index in [-0.39, 0.29) is 12.5 Å². The minimum absolute atomic E-state index is 0.0124. The fourth-order valence-corrected chi connectivity index (χ4v) is 2.82. The van der Waals surface area contributed by atoms with Gasteiger partial charge in [0.15, 0.2) is 18.1 Å². The summed E-state index contributed by atoms with van der Waals surface area (Å²) in [5, 5.41) is 0. The Labute approximate surface area is 122 Å². The van der Waals surface area contributed by atoms with Gasteiger partial charge in [-0.15, -0.1) is 0 Å². The molecule has 1 saturated heterocycles. The summed E-state index contributed by atoms with van der Waals surface area (Å²) in [6, 6.07) is 4.86. The van der Waals surface area contributed by atoms with E-state index in [4.69, 9.17) is 9.47 Å². The van der Waals surface area contributed by atoms with Crippen LogP contribution in [-0.4, -0.2) is 55.4 Å². The summed E-state index contributed by atoms with van der Waals surface area (Å²) >= 11 is 1.85. The Hall–Kier alpha value is -1.69. The molecule has 1 fully saturated rings. The molecule has 0 atom stereocenters. The molecule has 20 heavy (non-hydrogen) atoms. The molecule has 1 aromatic rings. The Morgan fingerprint density at radius 1 is 1.35 bits per heavy atom. The fraction of sp³-hybridized carbons (Fsp3) is 0.429. The summed E-state index contributed by atoms with van der Waals surface area (Å²) in [5.41, 5.74) is 0.508. The predicted octanol–water partition coefficient (Wildman–Crippen LogP) is 1.46. The average molecular weight is 295 g/mol. The van der Waals surface area contributed by atoms with Gasteiger partial charge in [-0.25, -0.2) is 0 Å². The number of aldehydes is 1. The summed E-state index contributed by atoms with van der Waals surface area (Å²) < 4.78 is 10.7. The second-order valence-electron chi connectivity index (χ2n) is 4.31. The normalized spacial score (nSPS) is 14.8. The van der Waals surface area contributed by atoms with Crippen molar-refractivity contribution in [2.75, 3.05) is 38.3 Å². The van der Waals surface area contributed by atoms with Crippen molar-refractivity contribution in [3.8, 4) is 11.5 Å². The van der Waals surface area contributed by atoms with Crippen molar-refractivity contribution in [2.45, 2.75) is 0 Å². The van der Waals surface area contributed by atoms with E-state index < -0.39 is 0 Å². The zero-order chi connectivity index (χ0) is 14.4. The largest absolute Gasteiger partial charge is 0.493 e. The molecule has 5 nitrogen and oxygen atoms in total. The van der Waals surface area contributed by atoms with Gasteiger partial charge in [0.05, 0.1) is 7.11 Å². The molecule has 1 aliphatic heterocycles. The van der Waals surface area contributed by atoms with Gasteiger partial charge >= 0.3 is 0 Å². The fourth-order valence-electron chi connectivity index (χ4n) is 1.92. The molecule has 0 unspecified atom stereocenters. The Morgan fingerprint density at radius 3 is 2.75 bits per heavy atom. The molecule has 0 saturated carbocycles. The first-order valence-corrected chi connectivity index (χ1v) is 7.51. The van der Waals surface area contributed by atoms with Gasteiger partial charge in [-0.2, -0.15) is 11.8 Å². The molecule has 0 bridgehead atoms. The maximum atomic E-state index is 12.0. The molecule has 1 amide bonds. The van der Waals surface area contributed by atoms with Gasteiger partial charge in [-0.1, -0.05) is 0 Å². The average Bonchev–Trinajstić information content (AvgIpc) is 2.53. The number of nitrogens with zero attached hydrogens (tertiary/aromatic N) is 1. The molecule has 1 heterocycles. The van der Waals surface area contributed by atoms with Crippen molar-refractivity contribution in [1.82, 2.24) is 4.90 Å². The first-order chi connectivity index (χ1) is 9.74. The SMILES string of the molecule is COc1cc(C=O)ccc1OCC(=O)N1CCSCC1. The number of carbonyl (C=O) groups excluding carboxylic acids is 2. The molecule has 0 spiro atoms. The molecule has 2 rings (SSSR count). The summed E-state index contributed by atoms with van der Waals surface area (Å²) in [7, 11) is 1.50. The van der Waals surface area contributed by atoms with Crippen molar-refractivity contribution in [1.29, 1.82) is 0 Å². The van der Waals surface area contributed by atoms with Crippen LogP contribution in [0, 0.1) is 0 Å². The summed E-state index contributed by atoms with van der Waals surface area (Å²) in [6.45, 7) is 1.53. The molecule has 0 N–H and O–H groups in total. The van der Waals surface area contributed by atoms with Crippen molar-refractivity contribution >= 4 is 24.0 Å². The first kappa shape index (κ1) is 14.7. The molecule has 0 aromatic heterocycles. The van der Waals surface area contributed by atoms with Gasteiger partial charge in [-0.05, 0) is 18.2 Å². The minimum Gasteiger partial charge on any atom is -0.493 e. The lowest BCUT2D eigenvalue weighted by Crippen LogP contribution is -2.40. The second-order valence-corrected chi connectivity index (χ2v) is 5.53. The Balaban J connectivity index is 1.95.